The molecule has 24 heavy (non-hydrogen) atoms. The Morgan fingerprint density at radius 3 is 2.46 bits per heavy atom. The molecule has 128 valence electrons. The first-order chi connectivity index (χ1) is 11.1. The second kappa shape index (κ2) is 8.24. The van der Waals surface area contributed by atoms with Crippen LogP contribution in [-0.2, 0) is 4.79 Å². The van der Waals surface area contributed by atoms with Crippen molar-refractivity contribution in [3.05, 3.63) is 59.1 Å². The average molecular weight is 370 g/mol. The van der Waals surface area contributed by atoms with Crippen LogP contribution in [0, 0.1) is 0 Å². The number of carboxylic acid groups (broad SMARTS) is 1. The summed E-state index contributed by atoms with van der Waals surface area (Å²) in [5, 5.41) is 13.1. The van der Waals surface area contributed by atoms with Gasteiger partial charge in [0.25, 0.3) is 0 Å². The van der Waals surface area contributed by atoms with E-state index in [9.17, 15) is 9.90 Å². The molecule has 1 atom stereocenters. The molecule has 0 aromatic heterocycles. The highest BCUT2D eigenvalue weighted by molar-refractivity contribution is 6.30. The third kappa shape index (κ3) is 4.32. The second-order valence-corrected chi connectivity index (χ2v) is 5.67. The van der Waals surface area contributed by atoms with Crippen LogP contribution in [0.1, 0.15) is 11.7 Å². The van der Waals surface area contributed by atoms with Crippen molar-refractivity contribution in [3.63, 3.8) is 0 Å². The first kappa shape index (κ1) is 18.4. The summed E-state index contributed by atoms with van der Waals surface area (Å²) >= 11 is 6.01. The normalized spacial score (nSPS) is 14.9. The monoisotopic (exact) mass is 369 g/mol. The number of benzene rings is 2. The van der Waals surface area contributed by atoms with Crippen molar-refractivity contribution >= 4 is 30.0 Å². The molecule has 0 amide bonds. The maximum atomic E-state index is 11.6. The highest BCUT2D eigenvalue weighted by atomic mass is 35.5. The lowest BCUT2D eigenvalue weighted by molar-refractivity contribution is -0.145. The highest BCUT2D eigenvalue weighted by Gasteiger charge is 2.25. The van der Waals surface area contributed by atoms with Gasteiger partial charge < -0.3 is 19.9 Å². The van der Waals surface area contributed by atoms with Crippen LogP contribution in [0.4, 0.5) is 0 Å². The average Bonchev–Trinajstić information content (AvgIpc) is 2.50. The molecular weight excluding hydrogens is 353 g/mol. The van der Waals surface area contributed by atoms with Gasteiger partial charge in [0, 0.05) is 29.7 Å². The van der Waals surface area contributed by atoms with E-state index in [1.165, 1.54) is 0 Å². The lowest BCUT2D eigenvalue weighted by Crippen LogP contribution is -2.50. The van der Waals surface area contributed by atoms with Crippen LogP contribution in [0.5, 0.6) is 11.5 Å². The molecule has 1 aliphatic heterocycles. The first-order valence-electron chi connectivity index (χ1n) is 7.25. The maximum Gasteiger partial charge on any atom is 0.349 e. The Balaban J connectivity index is 0.00000208. The zero-order valence-corrected chi connectivity index (χ0v) is 14.2. The largest absolute Gasteiger partial charge is 0.484 e. The smallest absolute Gasteiger partial charge is 0.349 e. The van der Waals surface area contributed by atoms with E-state index in [0.717, 1.165) is 13.1 Å². The quantitative estimate of drug-likeness (QED) is 0.817. The number of nitrogens with one attached hydrogen (secondary N) is 1. The van der Waals surface area contributed by atoms with Gasteiger partial charge in [-0.25, -0.2) is 4.79 Å². The van der Waals surface area contributed by atoms with Crippen LogP contribution in [0.2, 0.25) is 5.02 Å². The number of hydrogen-bond donors (Lipinski definition) is 2. The summed E-state index contributed by atoms with van der Waals surface area (Å²) in [5.74, 6) is -0.258. The topological polar surface area (TPSA) is 67.8 Å². The molecule has 0 spiro atoms. The summed E-state index contributed by atoms with van der Waals surface area (Å²) in [6.07, 6.45) is -1.07. The molecule has 1 heterocycles. The maximum absolute atomic E-state index is 11.6. The minimum atomic E-state index is -1.11. The number of halogens is 2. The van der Waals surface area contributed by atoms with Gasteiger partial charge in [-0.3, -0.25) is 0 Å². The zero-order valence-electron chi connectivity index (χ0n) is 12.6. The molecule has 2 aromatic carbocycles. The number of ether oxygens (including phenoxy) is 2. The minimum Gasteiger partial charge on any atom is -0.484 e. The number of aliphatic carboxylic acids is 1. The molecule has 1 aliphatic rings. The Hall–Kier alpha value is -1.95. The van der Waals surface area contributed by atoms with E-state index in [0.29, 0.717) is 22.1 Å². The van der Waals surface area contributed by atoms with Crippen LogP contribution in [0.25, 0.3) is 0 Å². The van der Waals surface area contributed by atoms with Crippen LogP contribution in [0.3, 0.4) is 0 Å². The fraction of sp³-hybridized carbons (Fsp3) is 0.235. The summed E-state index contributed by atoms with van der Waals surface area (Å²) < 4.78 is 11.5. The molecule has 1 fully saturated rings. The predicted octanol–water partition coefficient (Wildman–Crippen LogP) is 3.32. The third-order valence-electron chi connectivity index (χ3n) is 3.51. The van der Waals surface area contributed by atoms with Crippen LogP contribution in [-0.4, -0.2) is 30.3 Å². The zero-order chi connectivity index (χ0) is 16.2. The van der Waals surface area contributed by atoms with Crippen molar-refractivity contribution < 1.29 is 19.4 Å². The molecule has 0 saturated carbocycles. The summed E-state index contributed by atoms with van der Waals surface area (Å²) in [6.45, 7) is 1.49. The highest BCUT2D eigenvalue weighted by Crippen LogP contribution is 2.35. The Morgan fingerprint density at radius 2 is 1.88 bits per heavy atom. The fourth-order valence-electron chi connectivity index (χ4n) is 2.21. The van der Waals surface area contributed by atoms with Crippen molar-refractivity contribution in [2.45, 2.75) is 12.2 Å². The molecule has 0 bridgehead atoms. The Labute approximate surface area is 150 Å². The number of carboxylic acids is 1. The molecule has 3 rings (SSSR count). The van der Waals surface area contributed by atoms with E-state index in [1.807, 2.05) is 6.07 Å². The van der Waals surface area contributed by atoms with Crippen LogP contribution < -0.4 is 14.8 Å². The van der Waals surface area contributed by atoms with Gasteiger partial charge >= 0.3 is 5.97 Å². The Morgan fingerprint density at radius 1 is 1.17 bits per heavy atom. The SMILES string of the molecule is Cl.O=C(O)C(Oc1ccc(Cl)cc1OC1CNC1)c1ccccc1. The fourth-order valence-corrected chi connectivity index (χ4v) is 2.37. The van der Waals surface area contributed by atoms with E-state index in [1.54, 1.807) is 42.5 Å². The molecular formula is C17H17Cl2NO4. The molecule has 7 heteroatoms. The van der Waals surface area contributed by atoms with Crippen LogP contribution >= 0.6 is 24.0 Å². The third-order valence-corrected chi connectivity index (χ3v) is 3.75. The number of hydrogen-bond acceptors (Lipinski definition) is 4. The van der Waals surface area contributed by atoms with Gasteiger partial charge in [-0.05, 0) is 12.1 Å². The standard InChI is InChI=1S/C17H16ClNO4.ClH/c18-12-6-7-14(15(8-12)22-13-9-19-10-13)23-16(17(20)21)11-4-2-1-3-5-11;/h1-8,13,16,19H,9-10H2,(H,20,21);1H. The second-order valence-electron chi connectivity index (χ2n) is 5.24. The van der Waals surface area contributed by atoms with Gasteiger partial charge in [0.1, 0.15) is 6.10 Å². The van der Waals surface area contributed by atoms with Gasteiger partial charge in [-0.1, -0.05) is 41.9 Å². The number of rotatable bonds is 6. The predicted molar refractivity (Wildman–Crippen MR) is 93.4 cm³/mol. The molecule has 1 unspecified atom stereocenters. The van der Waals surface area contributed by atoms with E-state index >= 15 is 0 Å². The minimum absolute atomic E-state index is 0. The van der Waals surface area contributed by atoms with E-state index < -0.39 is 12.1 Å². The first-order valence-corrected chi connectivity index (χ1v) is 7.62. The van der Waals surface area contributed by atoms with Crippen molar-refractivity contribution in [3.8, 4) is 11.5 Å². The van der Waals surface area contributed by atoms with E-state index in [2.05, 4.69) is 5.32 Å². The van der Waals surface area contributed by atoms with Gasteiger partial charge in [0.15, 0.2) is 11.5 Å². The van der Waals surface area contributed by atoms with Gasteiger partial charge in [0.05, 0.1) is 0 Å². The lowest BCUT2D eigenvalue weighted by atomic mass is 10.1. The molecule has 2 aromatic rings. The lowest BCUT2D eigenvalue weighted by Gasteiger charge is -2.29. The van der Waals surface area contributed by atoms with Crippen molar-refractivity contribution in [2.24, 2.45) is 0 Å². The van der Waals surface area contributed by atoms with Crippen LogP contribution in [0.15, 0.2) is 48.5 Å². The van der Waals surface area contributed by atoms with Crippen molar-refractivity contribution in [1.29, 1.82) is 0 Å². The van der Waals surface area contributed by atoms with Crippen molar-refractivity contribution in [2.75, 3.05) is 13.1 Å². The summed E-state index contributed by atoms with van der Waals surface area (Å²) in [4.78, 5) is 11.6. The van der Waals surface area contributed by atoms with Crippen molar-refractivity contribution in [1.82, 2.24) is 5.32 Å². The van der Waals surface area contributed by atoms with E-state index in [4.69, 9.17) is 21.1 Å². The summed E-state index contributed by atoms with van der Waals surface area (Å²) in [7, 11) is 0. The van der Waals surface area contributed by atoms with Gasteiger partial charge in [0.2, 0.25) is 6.10 Å². The molecule has 0 radical (unpaired) electrons. The number of carbonyl (C=O) groups is 1. The van der Waals surface area contributed by atoms with Gasteiger partial charge in [-0.2, -0.15) is 0 Å². The molecule has 5 nitrogen and oxygen atoms in total. The molecule has 0 aliphatic carbocycles. The Bertz CT molecular complexity index is 692. The summed E-state index contributed by atoms with van der Waals surface area (Å²) in [5.41, 5.74) is 0.561. The molecule has 2 N–H and O–H groups in total. The molecule has 1 saturated heterocycles. The Kier molecular flexibility index (Phi) is 6.31. The van der Waals surface area contributed by atoms with E-state index in [-0.39, 0.29) is 18.5 Å². The van der Waals surface area contributed by atoms with Gasteiger partial charge in [-0.15, -0.1) is 12.4 Å². The summed E-state index contributed by atoms with van der Waals surface area (Å²) in [6, 6.07) is 13.7.